The second kappa shape index (κ2) is 10.8. The first-order chi connectivity index (χ1) is 6.26. The molecule has 0 unspecified atom stereocenters. The van der Waals surface area contributed by atoms with Crippen molar-refractivity contribution in [2.75, 3.05) is 20.2 Å². The molecule has 0 fully saturated rings. The van der Waals surface area contributed by atoms with Crippen LogP contribution in [0, 0.1) is 0 Å². The molecule has 4 nitrogen and oxygen atoms in total. The van der Waals surface area contributed by atoms with Gasteiger partial charge in [0.15, 0.2) is 0 Å². The number of carbonyl (C=O) groups excluding carboxylic acids is 1. The first-order valence-electron chi connectivity index (χ1n) is 4.80. The van der Waals surface area contributed by atoms with E-state index >= 15 is 0 Å². The van der Waals surface area contributed by atoms with Crippen LogP contribution in [0.4, 0.5) is 0 Å². The lowest BCUT2D eigenvalue weighted by Gasteiger charge is -2.13. The molecular weight excluding hydrogens is 204 g/mol. The van der Waals surface area contributed by atoms with E-state index in [9.17, 15) is 4.79 Å². The second-order valence-corrected chi connectivity index (χ2v) is 2.88. The van der Waals surface area contributed by atoms with Crippen molar-refractivity contribution in [1.82, 2.24) is 5.32 Å². The number of halogens is 1. The summed E-state index contributed by atoms with van der Waals surface area (Å²) >= 11 is 0. The Morgan fingerprint density at radius 3 is 2.57 bits per heavy atom. The molecule has 0 aliphatic rings. The molecule has 3 N–H and O–H groups in total. The molecule has 0 aliphatic heterocycles. The minimum atomic E-state index is -0.175. The van der Waals surface area contributed by atoms with E-state index in [0.717, 1.165) is 19.3 Å². The number of ether oxygens (including phenoxy) is 1. The zero-order valence-electron chi connectivity index (χ0n) is 8.91. The summed E-state index contributed by atoms with van der Waals surface area (Å²) in [6.07, 6.45) is 2.71. The number of carbonyl (C=O) groups is 1. The van der Waals surface area contributed by atoms with Crippen LogP contribution in [0.1, 0.15) is 26.2 Å². The van der Waals surface area contributed by atoms with Gasteiger partial charge in [-0.3, -0.25) is 4.79 Å². The highest BCUT2D eigenvalue weighted by atomic mass is 35.5. The van der Waals surface area contributed by atoms with Gasteiger partial charge in [-0.1, -0.05) is 6.42 Å². The van der Waals surface area contributed by atoms with Crippen LogP contribution in [-0.2, 0) is 9.53 Å². The number of hydrogen-bond acceptors (Lipinski definition) is 4. The van der Waals surface area contributed by atoms with Gasteiger partial charge in [-0.15, -0.1) is 12.4 Å². The number of esters is 1. The minimum Gasteiger partial charge on any atom is -0.465 e. The van der Waals surface area contributed by atoms with Crippen LogP contribution in [0.25, 0.3) is 0 Å². The van der Waals surface area contributed by atoms with Gasteiger partial charge in [0.2, 0.25) is 0 Å². The van der Waals surface area contributed by atoms with Crippen LogP contribution in [0.15, 0.2) is 0 Å². The zero-order chi connectivity index (χ0) is 10.1. The summed E-state index contributed by atoms with van der Waals surface area (Å²) in [6.45, 7) is 2.93. The maximum Gasteiger partial charge on any atom is 0.323 e. The Morgan fingerprint density at radius 1 is 1.50 bits per heavy atom. The van der Waals surface area contributed by atoms with Gasteiger partial charge >= 0.3 is 5.97 Å². The number of nitrogens with one attached hydrogen (secondary N) is 1. The van der Waals surface area contributed by atoms with E-state index in [2.05, 4.69) is 5.32 Å². The van der Waals surface area contributed by atoms with Crippen LogP contribution in [-0.4, -0.2) is 32.2 Å². The third-order valence-electron chi connectivity index (χ3n) is 1.87. The molecule has 0 saturated carbocycles. The molecule has 0 amide bonds. The van der Waals surface area contributed by atoms with Crippen LogP contribution < -0.4 is 11.1 Å². The summed E-state index contributed by atoms with van der Waals surface area (Å²) in [5.41, 5.74) is 5.35. The number of rotatable bonds is 7. The highest BCUT2D eigenvalue weighted by Gasteiger charge is 2.16. The molecule has 5 heteroatoms. The first-order valence-corrected chi connectivity index (χ1v) is 4.80. The SMILES string of the molecule is CCOC(=O)[C@H](CCCCN)NC.Cl. The van der Waals surface area contributed by atoms with E-state index in [1.165, 1.54) is 0 Å². The van der Waals surface area contributed by atoms with Crippen molar-refractivity contribution in [1.29, 1.82) is 0 Å². The molecule has 0 heterocycles. The summed E-state index contributed by atoms with van der Waals surface area (Å²) in [7, 11) is 1.77. The van der Waals surface area contributed by atoms with Gasteiger partial charge in [0.05, 0.1) is 6.61 Å². The van der Waals surface area contributed by atoms with E-state index in [1.54, 1.807) is 7.05 Å². The molecule has 1 atom stereocenters. The average Bonchev–Trinajstić information content (AvgIpc) is 2.13. The number of unbranched alkanes of at least 4 members (excludes halogenated alkanes) is 1. The summed E-state index contributed by atoms with van der Waals surface area (Å²) in [6, 6.07) is -0.175. The molecule has 0 radical (unpaired) electrons. The number of likely N-dealkylation sites (N-methyl/N-ethyl adjacent to an activating group) is 1. The molecule has 0 rings (SSSR count). The standard InChI is InChI=1S/C9H20N2O2.ClH/c1-3-13-9(12)8(11-2)6-4-5-7-10;/h8,11H,3-7,10H2,1-2H3;1H/t8-;/m0./s1. The minimum absolute atomic E-state index is 0. The Balaban J connectivity index is 0. The fraction of sp³-hybridized carbons (Fsp3) is 0.889. The van der Waals surface area contributed by atoms with Crippen LogP contribution >= 0.6 is 12.4 Å². The van der Waals surface area contributed by atoms with Crippen molar-refractivity contribution < 1.29 is 9.53 Å². The molecule has 0 bridgehead atoms. The third-order valence-corrected chi connectivity index (χ3v) is 1.87. The van der Waals surface area contributed by atoms with Crippen LogP contribution in [0.2, 0.25) is 0 Å². The lowest BCUT2D eigenvalue weighted by atomic mass is 10.1. The van der Waals surface area contributed by atoms with Crippen molar-refractivity contribution >= 4 is 18.4 Å². The van der Waals surface area contributed by atoms with Crippen LogP contribution in [0.3, 0.4) is 0 Å². The van der Waals surface area contributed by atoms with E-state index < -0.39 is 0 Å². The van der Waals surface area contributed by atoms with Crippen LogP contribution in [0.5, 0.6) is 0 Å². The Hall–Kier alpha value is -0.320. The largest absolute Gasteiger partial charge is 0.465 e. The molecule has 0 aromatic rings. The van der Waals surface area contributed by atoms with Gasteiger partial charge in [0, 0.05) is 0 Å². The van der Waals surface area contributed by atoms with Gasteiger partial charge in [-0.25, -0.2) is 0 Å². The fourth-order valence-corrected chi connectivity index (χ4v) is 1.12. The van der Waals surface area contributed by atoms with E-state index in [1.807, 2.05) is 6.92 Å². The van der Waals surface area contributed by atoms with Gasteiger partial charge in [0.1, 0.15) is 6.04 Å². The Morgan fingerprint density at radius 2 is 2.14 bits per heavy atom. The number of hydrogen-bond donors (Lipinski definition) is 2. The molecule has 14 heavy (non-hydrogen) atoms. The lowest BCUT2D eigenvalue weighted by molar-refractivity contribution is -0.145. The maximum atomic E-state index is 11.3. The molecule has 0 spiro atoms. The lowest BCUT2D eigenvalue weighted by Crippen LogP contribution is -2.35. The van der Waals surface area contributed by atoms with Crippen molar-refractivity contribution in [3.05, 3.63) is 0 Å². The Kier molecular flexibility index (Phi) is 12.4. The van der Waals surface area contributed by atoms with Crippen molar-refractivity contribution in [3.63, 3.8) is 0 Å². The summed E-state index contributed by atoms with van der Waals surface area (Å²) in [5.74, 6) is -0.165. The second-order valence-electron chi connectivity index (χ2n) is 2.88. The molecule has 86 valence electrons. The predicted octanol–water partition coefficient (Wildman–Crippen LogP) is 0.688. The topological polar surface area (TPSA) is 64.3 Å². The smallest absolute Gasteiger partial charge is 0.323 e. The van der Waals surface area contributed by atoms with Gasteiger partial charge in [0.25, 0.3) is 0 Å². The highest BCUT2D eigenvalue weighted by molar-refractivity contribution is 5.85. The van der Waals surface area contributed by atoms with Crippen molar-refractivity contribution in [2.45, 2.75) is 32.2 Å². The zero-order valence-corrected chi connectivity index (χ0v) is 9.73. The maximum absolute atomic E-state index is 11.3. The molecule has 0 saturated heterocycles. The first kappa shape index (κ1) is 16.1. The molecule has 0 aromatic heterocycles. The van der Waals surface area contributed by atoms with Crippen molar-refractivity contribution in [2.24, 2.45) is 5.73 Å². The molecule has 0 aliphatic carbocycles. The van der Waals surface area contributed by atoms with E-state index in [4.69, 9.17) is 10.5 Å². The molecular formula is C9H21ClN2O2. The monoisotopic (exact) mass is 224 g/mol. The van der Waals surface area contributed by atoms with Gasteiger partial charge in [-0.2, -0.15) is 0 Å². The fourth-order valence-electron chi connectivity index (χ4n) is 1.12. The van der Waals surface area contributed by atoms with Gasteiger partial charge < -0.3 is 15.8 Å². The van der Waals surface area contributed by atoms with E-state index in [-0.39, 0.29) is 24.4 Å². The summed E-state index contributed by atoms with van der Waals surface area (Å²) in [4.78, 5) is 11.3. The van der Waals surface area contributed by atoms with Crippen molar-refractivity contribution in [3.8, 4) is 0 Å². The summed E-state index contributed by atoms with van der Waals surface area (Å²) in [5, 5.41) is 2.93. The highest BCUT2D eigenvalue weighted by Crippen LogP contribution is 2.01. The van der Waals surface area contributed by atoms with Gasteiger partial charge in [-0.05, 0) is 33.4 Å². The third kappa shape index (κ3) is 7.12. The average molecular weight is 225 g/mol. The quantitative estimate of drug-likeness (QED) is 0.493. The predicted molar refractivity (Wildman–Crippen MR) is 59.6 cm³/mol. The Labute approximate surface area is 92.0 Å². The summed E-state index contributed by atoms with van der Waals surface area (Å²) < 4.78 is 4.89. The molecule has 0 aromatic carbocycles. The van der Waals surface area contributed by atoms with E-state index in [0.29, 0.717) is 13.2 Å². The number of nitrogens with two attached hydrogens (primary N) is 1. The normalized spacial score (nSPS) is 11.6. The Bertz CT molecular complexity index is 145.